The normalized spacial score (nSPS) is 11.7. The van der Waals surface area contributed by atoms with Crippen LogP contribution in [0.2, 0.25) is 0 Å². The molecule has 5 rings (SSSR count). The number of aromatic nitrogens is 5. The van der Waals surface area contributed by atoms with Crippen molar-refractivity contribution in [1.29, 1.82) is 0 Å². The number of carbonyl (C=O) groups excluding carboxylic acids is 1. The molecule has 4 aromatic heterocycles. The predicted molar refractivity (Wildman–Crippen MR) is 163 cm³/mol. The Hall–Kier alpha value is -6.69. The highest BCUT2D eigenvalue weighted by atomic mass is 19.4. The Labute approximate surface area is 294 Å². The molecule has 0 atom stereocenters. The summed E-state index contributed by atoms with van der Waals surface area (Å²) in [5, 5.41) is 38.6. The summed E-state index contributed by atoms with van der Waals surface area (Å²) in [5.41, 5.74) is 3.30. The zero-order valence-corrected chi connectivity index (χ0v) is 27.2. The first-order valence-corrected chi connectivity index (χ1v) is 14.0. The van der Waals surface area contributed by atoms with Crippen molar-refractivity contribution in [2.24, 2.45) is 0 Å². The number of nitrogens with one attached hydrogen (secondary N) is 2. The summed E-state index contributed by atoms with van der Waals surface area (Å²) in [4.78, 5) is 56.5. The molecule has 0 fully saturated rings. The average Bonchev–Trinajstić information content (AvgIpc) is 3.29. The quantitative estimate of drug-likeness (QED) is 0.0816. The van der Waals surface area contributed by atoms with Gasteiger partial charge in [-0.1, -0.05) is 0 Å². The summed E-state index contributed by atoms with van der Waals surface area (Å²) in [6.07, 6.45) is -7.84. The maximum absolute atomic E-state index is 12.4. The third-order valence-electron chi connectivity index (χ3n) is 5.67. The van der Waals surface area contributed by atoms with Crippen LogP contribution in [0.1, 0.15) is 20.8 Å². The second kappa shape index (κ2) is 16.8. The highest BCUT2D eigenvalue weighted by Crippen LogP contribution is 2.44. The number of rotatable bonds is 2. The zero-order valence-electron chi connectivity index (χ0n) is 27.2. The van der Waals surface area contributed by atoms with Crippen LogP contribution in [0.5, 0.6) is 0 Å². The van der Waals surface area contributed by atoms with Gasteiger partial charge < -0.3 is 30.6 Å². The van der Waals surface area contributed by atoms with E-state index in [1.807, 2.05) is 12.1 Å². The number of fused-ring (bicyclic) bond motifs is 5. The summed E-state index contributed by atoms with van der Waals surface area (Å²) in [6, 6.07) is 7.11. The van der Waals surface area contributed by atoms with Crippen LogP contribution in [-0.2, 0) is 19.1 Å². The summed E-state index contributed by atoms with van der Waals surface area (Å²) in [7, 11) is 0. The van der Waals surface area contributed by atoms with Crippen molar-refractivity contribution in [3.05, 3.63) is 55.2 Å². The van der Waals surface area contributed by atoms with Crippen molar-refractivity contribution in [1.82, 2.24) is 24.7 Å². The number of ether oxygens (including phenoxy) is 1. The minimum absolute atomic E-state index is 0.230. The first-order chi connectivity index (χ1) is 24.6. The van der Waals surface area contributed by atoms with Gasteiger partial charge in [0.2, 0.25) is 0 Å². The third-order valence-corrected chi connectivity index (χ3v) is 5.67. The third kappa shape index (κ3) is 12.2. The lowest BCUT2D eigenvalue weighted by Gasteiger charge is -2.20. The number of alkyl halides is 9. The number of hydrogen-bond acceptors (Lipinski definition) is 11. The van der Waals surface area contributed by atoms with Gasteiger partial charge in [-0.05, 0) is 45.0 Å². The van der Waals surface area contributed by atoms with Crippen LogP contribution in [0.15, 0.2) is 55.2 Å². The molecular formula is C29H24F9N7O9. The van der Waals surface area contributed by atoms with E-state index in [0.717, 1.165) is 10.3 Å². The Morgan fingerprint density at radius 2 is 1.22 bits per heavy atom. The van der Waals surface area contributed by atoms with E-state index in [1.165, 1.54) is 6.20 Å². The number of anilines is 3. The maximum Gasteiger partial charge on any atom is 0.490 e. The molecule has 0 aliphatic carbocycles. The Morgan fingerprint density at radius 1 is 0.741 bits per heavy atom. The van der Waals surface area contributed by atoms with Crippen LogP contribution >= 0.6 is 0 Å². The summed E-state index contributed by atoms with van der Waals surface area (Å²) in [5.74, 6) is -7.48. The molecule has 0 aromatic carbocycles. The molecule has 0 radical (unpaired) electrons. The number of hydrogen-bond donors (Lipinski definition) is 6. The summed E-state index contributed by atoms with van der Waals surface area (Å²) >= 11 is 0. The molecule has 1 aliphatic rings. The van der Waals surface area contributed by atoms with Crippen molar-refractivity contribution in [2.45, 2.75) is 44.9 Å². The largest absolute Gasteiger partial charge is 0.490 e. The number of carbonyl (C=O) groups is 4. The van der Waals surface area contributed by atoms with Crippen LogP contribution < -0.4 is 10.6 Å². The minimum Gasteiger partial charge on any atom is -0.475 e. The van der Waals surface area contributed by atoms with Crippen LogP contribution in [0.25, 0.3) is 33.9 Å². The van der Waals surface area contributed by atoms with Gasteiger partial charge in [-0.25, -0.2) is 29.1 Å². The van der Waals surface area contributed by atoms with Crippen LogP contribution in [0, 0.1) is 0 Å². The molecule has 0 bridgehead atoms. The first kappa shape index (κ1) is 43.5. The van der Waals surface area contributed by atoms with Gasteiger partial charge in [-0.3, -0.25) is 15.3 Å². The van der Waals surface area contributed by atoms with Crippen molar-refractivity contribution in [3.8, 4) is 33.9 Å². The number of aliphatic carboxylic acids is 3. The number of carboxylic acid groups (broad SMARTS) is 3. The SMILES string of the molecule is CC(C)(C)OC(=O)Nc1cnccc1-c1nc2c(n1O)-c1cccnc1Nc1cnccc1-2.O=C(O)C(F)(F)F.O=C(O)C(F)(F)F.O=C(O)C(F)(F)F. The molecule has 0 spiro atoms. The van der Waals surface area contributed by atoms with Gasteiger partial charge in [0.15, 0.2) is 5.82 Å². The molecule has 0 unspecified atom stereocenters. The first-order valence-electron chi connectivity index (χ1n) is 14.0. The Balaban J connectivity index is 0.000000393. The summed E-state index contributed by atoms with van der Waals surface area (Å²) < 4.78 is 102. The molecule has 0 saturated carbocycles. The minimum atomic E-state index is -5.08. The van der Waals surface area contributed by atoms with Crippen LogP contribution in [-0.4, -0.2) is 93.3 Å². The van der Waals surface area contributed by atoms with Crippen LogP contribution in [0.3, 0.4) is 0 Å². The monoisotopic (exact) mass is 785 g/mol. The Bertz CT molecular complexity index is 1940. The second-order valence-corrected chi connectivity index (χ2v) is 10.8. The second-order valence-electron chi connectivity index (χ2n) is 10.8. The summed E-state index contributed by atoms with van der Waals surface area (Å²) in [6.45, 7) is 5.33. The molecule has 16 nitrogen and oxygen atoms in total. The topological polar surface area (TPSA) is 239 Å². The lowest BCUT2D eigenvalue weighted by molar-refractivity contribution is -0.193. The highest BCUT2D eigenvalue weighted by Gasteiger charge is 2.39. The fraction of sp³-hybridized carbons (Fsp3) is 0.241. The molecule has 54 heavy (non-hydrogen) atoms. The molecule has 6 N–H and O–H groups in total. The van der Waals surface area contributed by atoms with E-state index in [9.17, 15) is 49.5 Å². The van der Waals surface area contributed by atoms with Gasteiger partial charge in [-0.2, -0.15) is 44.2 Å². The smallest absolute Gasteiger partial charge is 0.475 e. The van der Waals surface area contributed by atoms with E-state index >= 15 is 0 Å². The average molecular weight is 786 g/mol. The van der Waals surface area contributed by atoms with Crippen molar-refractivity contribution in [3.63, 3.8) is 0 Å². The number of pyridine rings is 3. The van der Waals surface area contributed by atoms with E-state index in [0.29, 0.717) is 39.7 Å². The van der Waals surface area contributed by atoms with Gasteiger partial charge >= 0.3 is 42.5 Å². The predicted octanol–water partition coefficient (Wildman–Crippen LogP) is 6.61. The molecular weight excluding hydrogens is 761 g/mol. The molecule has 0 saturated heterocycles. The molecule has 4 aromatic rings. The highest BCUT2D eigenvalue weighted by molar-refractivity contribution is 5.97. The van der Waals surface area contributed by atoms with E-state index < -0.39 is 48.1 Å². The van der Waals surface area contributed by atoms with Gasteiger partial charge in [0.05, 0.1) is 23.8 Å². The number of carboxylic acids is 3. The van der Waals surface area contributed by atoms with Gasteiger partial charge in [0.25, 0.3) is 0 Å². The standard InChI is InChI=1S/C23H21N7O3.3C2HF3O2/c1-23(2,3)33-22(31)28-17-12-25-10-7-14(17)21-29-18-13-6-9-24-11-16(13)27-20-15(5-4-8-26-20)19(18)30(21)32;3*3-2(4,5)1(6)7/h4-12,32H,1-3H3,(H,26,27)(H,28,31);3*(H,6,7). The van der Waals surface area contributed by atoms with Gasteiger partial charge in [-0.15, -0.1) is 0 Å². The Kier molecular flexibility index (Phi) is 13.5. The number of imidazole rings is 1. The van der Waals surface area contributed by atoms with E-state index in [4.69, 9.17) is 39.4 Å². The van der Waals surface area contributed by atoms with E-state index in [-0.39, 0.29) is 5.82 Å². The molecule has 1 amide bonds. The number of amides is 1. The van der Waals surface area contributed by atoms with Crippen molar-refractivity contribution in [2.75, 3.05) is 10.6 Å². The Morgan fingerprint density at radius 3 is 1.70 bits per heavy atom. The van der Waals surface area contributed by atoms with E-state index in [2.05, 4.69) is 25.6 Å². The van der Waals surface area contributed by atoms with Crippen LogP contribution in [0.4, 0.5) is 61.5 Å². The number of halogens is 9. The lowest BCUT2D eigenvalue weighted by Crippen LogP contribution is -2.27. The zero-order chi connectivity index (χ0) is 41.4. The molecule has 5 heterocycles. The lowest BCUT2D eigenvalue weighted by atomic mass is 10.1. The maximum atomic E-state index is 12.4. The van der Waals surface area contributed by atoms with E-state index in [1.54, 1.807) is 57.7 Å². The van der Waals surface area contributed by atoms with Crippen molar-refractivity contribution < 1.29 is 84.0 Å². The molecule has 25 heteroatoms. The fourth-order valence-corrected chi connectivity index (χ4v) is 3.64. The fourth-order valence-electron chi connectivity index (χ4n) is 3.64. The van der Waals surface area contributed by atoms with Gasteiger partial charge in [0.1, 0.15) is 22.8 Å². The number of nitrogens with zero attached hydrogens (tertiary/aromatic N) is 5. The van der Waals surface area contributed by atoms with Crippen molar-refractivity contribution >= 4 is 41.2 Å². The molecule has 292 valence electrons. The molecule has 1 aliphatic heterocycles. The van der Waals surface area contributed by atoms with Gasteiger partial charge in [0, 0.05) is 35.3 Å².